The fourth-order valence-corrected chi connectivity index (χ4v) is 3.73. The number of methoxy groups -OCH3 is 1. The number of ether oxygens (including phenoxy) is 3. The zero-order valence-corrected chi connectivity index (χ0v) is 14.9. The van der Waals surface area contributed by atoms with Crippen molar-refractivity contribution >= 4 is 0 Å². The summed E-state index contributed by atoms with van der Waals surface area (Å²) in [5.41, 5.74) is 0.0838. The second-order valence-corrected chi connectivity index (χ2v) is 6.91. The minimum absolute atomic E-state index is 0.234. The molecule has 0 spiro atoms. The van der Waals surface area contributed by atoms with Crippen LogP contribution in [0.2, 0.25) is 0 Å². The summed E-state index contributed by atoms with van der Waals surface area (Å²) >= 11 is 0. The molecule has 0 saturated carbocycles. The van der Waals surface area contributed by atoms with Crippen molar-refractivity contribution in [3.8, 4) is 0 Å². The number of hydrogen-bond acceptors (Lipinski definition) is 4. The smallest absolute Gasteiger partial charge is 0.146 e. The molecule has 4 nitrogen and oxygen atoms in total. The van der Waals surface area contributed by atoms with Gasteiger partial charge in [-0.3, -0.25) is 0 Å². The summed E-state index contributed by atoms with van der Waals surface area (Å²) in [5.74, 6) is 0. The van der Waals surface area contributed by atoms with Gasteiger partial charge in [0.1, 0.15) is 18.5 Å². The molecule has 1 fully saturated rings. The maximum Gasteiger partial charge on any atom is 0.146 e. The third kappa shape index (κ3) is 3.48. The van der Waals surface area contributed by atoms with Gasteiger partial charge in [0.05, 0.1) is 6.61 Å². The maximum absolute atomic E-state index is 11.9. The third-order valence-electron chi connectivity index (χ3n) is 5.03. The van der Waals surface area contributed by atoms with Crippen molar-refractivity contribution in [1.29, 1.82) is 0 Å². The summed E-state index contributed by atoms with van der Waals surface area (Å²) in [5, 5.41) is 11.9. The van der Waals surface area contributed by atoms with E-state index >= 15 is 0 Å². The molecule has 1 N–H and O–H groups in total. The zero-order chi connectivity index (χ0) is 17.8. The van der Waals surface area contributed by atoms with Gasteiger partial charge in [-0.2, -0.15) is 0 Å². The highest BCUT2D eigenvalue weighted by Gasteiger charge is 2.53. The van der Waals surface area contributed by atoms with E-state index in [2.05, 4.69) is 6.92 Å². The minimum atomic E-state index is -1.25. The predicted molar refractivity (Wildman–Crippen MR) is 96.2 cm³/mol. The molecule has 134 valence electrons. The van der Waals surface area contributed by atoms with Crippen LogP contribution in [0.15, 0.2) is 60.7 Å². The number of hydrogen-bond donors (Lipinski definition) is 1. The van der Waals surface area contributed by atoms with Gasteiger partial charge < -0.3 is 19.3 Å². The largest absolute Gasteiger partial charge is 0.378 e. The Labute approximate surface area is 149 Å². The van der Waals surface area contributed by atoms with E-state index < -0.39 is 11.7 Å². The van der Waals surface area contributed by atoms with Crippen molar-refractivity contribution < 1.29 is 19.3 Å². The Morgan fingerprint density at radius 1 is 1.08 bits per heavy atom. The molecule has 3 rings (SSSR count). The second-order valence-electron chi connectivity index (χ2n) is 6.91. The van der Waals surface area contributed by atoms with Gasteiger partial charge >= 0.3 is 0 Å². The molecule has 2 aromatic carbocycles. The SMILES string of the molecule is COCOC[C@]1(C)CCO[C@@H]1C(O)(c1ccccc1)c1ccccc1. The fourth-order valence-electron chi connectivity index (χ4n) is 3.73. The first-order chi connectivity index (χ1) is 12.1. The Hall–Kier alpha value is -1.72. The lowest BCUT2D eigenvalue weighted by Gasteiger charge is -2.42. The van der Waals surface area contributed by atoms with Crippen molar-refractivity contribution in [3.05, 3.63) is 71.8 Å². The van der Waals surface area contributed by atoms with Crippen LogP contribution in [0.1, 0.15) is 24.5 Å². The molecular weight excluding hydrogens is 316 g/mol. The van der Waals surface area contributed by atoms with Crippen LogP contribution in [0.5, 0.6) is 0 Å². The van der Waals surface area contributed by atoms with Crippen molar-refractivity contribution in [1.82, 2.24) is 0 Å². The number of benzene rings is 2. The summed E-state index contributed by atoms with van der Waals surface area (Å²) < 4.78 is 16.8. The van der Waals surface area contributed by atoms with E-state index in [-0.39, 0.29) is 12.2 Å². The first-order valence-electron chi connectivity index (χ1n) is 8.63. The fraction of sp³-hybridized carbons (Fsp3) is 0.429. The standard InChI is InChI=1S/C21H26O4/c1-20(15-24-16-23-2)13-14-25-19(20)21(22,17-9-5-3-6-10-17)18-11-7-4-8-12-18/h3-12,19,22H,13-16H2,1-2H3/t19-,20-/m0/s1. The molecule has 0 amide bonds. The van der Waals surface area contributed by atoms with Crippen LogP contribution in [0, 0.1) is 5.41 Å². The lowest BCUT2D eigenvalue weighted by atomic mass is 9.70. The Morgan fingerprint density at radius 2 is 1.64 bits per heavy atom. The Morgan fingerprint density at radius 3 is 2.16 bits per heavy atom. The van der Waals surface area contributed by atoms with Gasteiger partial charge in [-0.15, -0.1) is 0 Å². The molecule has 1 heterocycles. The molecule has 1 aliphatic rings. The van der Waals surface area contributed by atoms with Crippen molar-refractivity contribution in [2.24, 2.45) is 5.41 Å². The van der Waals surface area contributed by atoms with Crippen molar-refractivity contribution in [2.45, 2.75) is 25.0 Å². The van der Waals surface area contributed by atoms with Crippen molar-refractivity contribution in [2.75, 3.05) is 27.1 Å². The highest BCUT2D eigenvalue weighted by atomic mass is 16.7. The van der Waals surface area contributed by atoms with E-state index in [4.69, 9.17) is 14.2 Å². The van der Waals surface area contributed by atoms with E-state index in [1.807, 2.05) is 60.7 Å². The average Bonchev–Trinajstić information content (AvgIpc) is 3.05. The van der Waals surface area contributed by atoms with Gasteiger partial charge in [-0.25, -0.2) is 0 Å². The number of rotatable bonds is 7. The topological polar surface area (TPSA) is 47.9 Å². The van der Waals surface area contributed by atoms with E-state index in [1.165, 1.54) is 0 Å². The lowest BCUT2D eigenvalue weighted by Crippen LogP contribution is -2.50. The summed E-state index contributed by atoms with van der Waals surface area (Å²) in [6.45, 7) is 3.40. The maximum atomic E-state index is 11.9. The van der Waals surface area contributed by atoms with E-state index in [1.54, 1.807) is 7.11 Å². The van der Waals surface area contributed by atoms with Gasteiger partial charge in [-0.1, -0.05) is 67.6 Å². The van der Waals surface area contributed by atoms with E-state index in [0.717, 1.165) is 17.5 Å². The molecule has 25 heavy (non-hydrogen) atoms. The average molecular weight is 342 g/mol. The van der Waals surface area contributed by atoms with Gasteiger partial charge in [-0.05, 0) is 17.5 Å². The third-order valence-corrected chi connectivity index (χ3v) is 5.03. The van der Waals surface area contributed by atoms with Gasteiger partial charge in [0.25, 0.3) is 0 Å². The number of aliphatic hydroxyl groups is 1. The molecule has 2 atom stereocenters. The first kappa shape index (κ1) is 18.1. The molecule has 1 aliphatic heterocycles. The van der Waals surface area contributed by atoms with Crippen LogP contribution in [0.25, 0.3) is 0 Å². The minimum Gasteiger partial charge on any atom is -0.378 e. The highest BCUT2D eigenvalue weighted by Crippen LogP contribution is 2.47. The summed E-state index contributed by atoms with van der Waals surface area (Å²) in [7, 11) is 1.61. The quantitative estimate of drug-likeness (QED) is 0.619. The van der Waals surface area contributed by atoms with E-state index in [9.17, 15) is 5.11 Å². The van der Waals surface area contributed by atoms with Crippen LogP contribution in [0.3, 0.4) is 0 Å². The summed E-state index contributed by atoms with van der Waals surface area (Å²) in [6, 6.07) is 19.5. The normalized spacial score (nSPS) is 23.7. The van der Waals surface area contributed by atoms with Crippen LogP contribution in [-0.2, 0) is 19.8 Å². The molecule has 0 bridgehead atoms. The Balaban J connectivity index is 2.03. The second kappa shape index (κ2) is 7.67. The van der Waals surface area contributed by atoms with E-state index in [0.29, 0.717) is 13.2 Å². The van der Waals surface area contributed by atoms with Crippen molar-refractivity contribution in [3.63, 3.8) is 0 Å². The predicted octanol–water partition coefficient (Wildman–Crippen LogP) is 3.34. The Kier molecular flexibility index (Phi) is 5.54. The first-order valence-corrected chi connectivity index (χ1v) is 8.63. The Bertz CT molecular complexity index is 619. The molecule has 1 saturated heterocycles. The molecular formula is C21H26O4. The molecule has 4 heteroatoms. The zero-order valence-electron chi connectivity index (χ0n) is 14.9. The summed E-state index contributed by atoms with van der Waals surface area (Å²) in [4.78, 5) is 0. The van der Waals surface area contributed by atoms with Crippen LogP contribution >= 0.6 is 0 Å². The van der Waals surface area contributed by atoms with Crippen LogP contribution in [0.4, 0.5) is 0 Å². The monoisotopic (exact) mass is 342 g/mol. The summed E-state index contributed by atoms with van der Waals surface area (Å²) in [6.07, 6.45) is 0.408. The van der Waals surface area contributed by atoms with Gasteiger partial charge in [0.2, 0.25) is 0 Å². The highest BCUT2D eigenvalue weighted by molar-refractivity contribution is 5.38. The van der Waals surface area contributed by atoms with Gasteiger partial charge in [0.15, 0.2) is 0 Å². The molecule has 0 aromatic heterocycles. The van der Waals surface area contributed by atoms with Gasteiger partial charge in [0, 0.05) is 19.1 Å². The molecule has 0 radical (unpaired) electrons. The molecule has 0 aliphatic carbocycles. The van der Waals surface area contributed by atoms with Crippen LogP contribution < -0.4 is 0 Å². The van der Waals surface area contributed by atoms with Crippen LogP contribution in [-0.4, -0.2) is 38.3 Å². The lowest BCUT2D eigenvalue weighted by molar-refractivity contribution is -0.132. The molecule has 0 unspecified atom stereocenters. The molecule has 2 aromatic rings.